The van der Waals surface area contributed by atoms with Gasteiger partial charge >= 0.3 is 0 Å². The summed E-state index contributed by atoms with van der Waals surface area (Å²) < 4.78 is 0. The molecule has 0 fully saturated rings. The van der Waals surface area contributed by atoms with Crippen LogP contribution in [0.3, 0.4) is 0 Å². The van der Waals surface area contributed by atoms with Crippen LogP contribution in [-0.2, 0) is 0 Å². The average Bonchev–Trinajstić information content (AvgIpc) is 2.20. The number of allylic oxidation sites excluding steroid dienone is 2. The fraction of sp³-hybridized carbons (Fsp3) is 0.583. The van der Waals surface area contributed by atoms with Crippen LogP contribution >= 0.6 is 0 Å². The Hall–Kier alpha value is -1.05. The molecule has 2 heteroatoms. The molecule has 1 rings (SSSR count). The van der Waals surface area contributed by atoms with E-state index in [9.17, 15) is 0 Å². The summed E-state index contributed by atoms with van der Waals surface area (Å²) in [6.07, 6.45) is 6.39. The van der Waals surface area contributed by atoms with Gasteiger partial charge in [0.25, 0.3) is 0 Å². The monoisotopic (exact) mass is 192 g/mol. The molecule has 0 bridgehead atoms. The molecule has 0 aromatic rings. The van der Waals surface area contributed by atoms with E-state index in [0.29, 0.717) is 0 Å². The Morgan fingerprint density at radius 2 is 2.43 bits per heavy atom. The largest absolute Gasteiger partial charge is 0.370 e. The van der Waals surface area contributed by atoms with E-state index in [1.165, 1.54) is 18.4 Å². The number of rotatable bonds is 4. The molecule has 0 saturated carbocycles. The summed E-state index contributed by atoms with van der Waals surface area (Å²) in [6.45, 7) is 9.15. The van der Waals surface area contributed by atoms with E-state index >= 15 is 0 Å². The van der Waals surface area contributed by atoms with E-state index in [4.69, 9.17) is 0 Å². The minimum absolute atomic E-state index is 1.02. The van der Waals surface area contributed by atoms with E-state index in [-0.39, 0.29) is 0 Å². The highest BCUT2D eigenvalue weighted by Gasteiger charge is 2.07. The number of hydrogen-bond acceptors (Lipinski definition) is 2. The molecule has 14 heavy (non-hydrogen) atoms. The van der Waals surface area contributed by atoms with Crippen molar-refractivity contribution >= 4 is 5.71 Å². The van der Waals surface area contributed by atoms with Gasteiger partial charge < -0.3 is 5.32 Å². The SMILES string of the molecule is C=C/C(CCC)=N\C1=C(C)CCCN1. The summed E-state index contributed by atoms with van der Waals surface area (Å²) >= 11 is 0. The molecular weight excluding hydrogens is 172 g/mol. The molecule has 0 amide bonds. The Balaban J connectivity index is 2.76. The van der Waals surface area contributed by atoms with Crippen LogP contribution < -0.4 is 5.32 Å². The molecule has 0 radical (unpaired) electrons. The molecule has 1 N–H and O–H groups in total. The fourth-order valence-electron chi connectivity index (χ4n) is 1.57. The zero-order chi connectivity index (χ0) is 10.4. The lowest BCUT2D eigenvalue weighted by Gasteiger charge is -2.17. The van der Waals surface area contributed by atoms with Gasteiger partial charge in [-0.2, -0.15) is 0 Å². The number of nitrogens with one attached hydrogen (secondary N) is 1. The van der Waals surface area contributed by atoms with E-state index < -0.39 is 0 Å². The Kier molecular flexibility index (Phi) is 4.44. The highest BCUT2D eigenvalue weighted by Crippen LogP contribution is 2.15. The van der Waals surface area contributed by atoms with Crippen LogP contribution in [0.15, 0.2) is 29.0 Å². The van der Waals surface area contributed by atoms with Crippen LogP contribution in [0.2, 0.25) is 0 Å². The summed E-state index contributed by atoms with van der Waals surface area (Å²) in [5, 5.41) is 3.34. The van der Waals surface area contributed by atoms with Crippen molar-refractivity contribution in [2.75, 3.05) is 6.54 Å². The van der Waals surface area contributed by atoms with Crippen LogP contribution in [0.1, 0.15) is 39.5 Å². The minimum atomic E-state index is 1.02. The normalized spacial score (nSPS) is 18.0. The highest BCUT2D eigenvalue weighted by molar-refractivity contribution is 5.95. The van der Waals surface area contributed by atoms with E-state index in [1.807, 2.05) is 6.08 Å². The molecule has 0 saturated heterocycles. The van der Waals surface area contributed by atoms with Gasteiger partial charge in [-0.25, -0.2) is 4.99 Å². The standard InChI is InChI=1S/C12H20N2/c1-4-7-11(5-2)14-12-10(3)8-6-9-13-12/h5,13H,2,4,6-9H2,1,3H3/b14-11+. The lowest BCUT2D eigenvalue weighted by atomic mass is 10.1. The zero-order valence-corrected chi connectivity index (χ0v) is 9.27. The predicted molar refractivity (Wildman–Crippen MR) is 62.5 cm³/mol. The molecule has 2 nitrogen and oxygen atoms in total. The second-order valence-electron chi connectivity index (χ2n) is 3.72. The van der Waals surface area contributed by atoms with Gasteiger partial charge in [-0.1, -0.05) is 19.9 Å². The van der Waals surface area contributed by atoms with Gasteiger partial charge in [0.1, 0.15) is 5.82 Å². The van der Waals surface area contributed by atoms with Crippen molar-refractivity contribution in [3.8, 4) is 0 Å². The molecule has 0 unspecified atom stereocenters. The van der Waals surface area contributed by atoms with E-state index in [1.54, 1.807) is 0 Å². The molecule has 1 heterocycles. The van der Waals surface area contributed by atoms with E-state index in [0.717, 1.165) is 30.9 Å². The van der Waals surface area contributed by atoms with Crippen LogP contribution in [0, 0.1) is 0 Å². The van der Waals surface area contributed by atoms with Crippen molar-refractivity contribution in [3.63, 3.8) is 0 Å². The molecule has 0 atom stereocenters. The van der Waals surface area contributed by atoms with Crippen LogP contribution in [-0.4, -0.2) is 12.3 Å². The van der Waals surface area contributed by atoms with Gasteiger partial charge in [-0.15, -0.1) is 0 Å². The summed E-state index contributed by atoms with van der Waals surface area (Å²) in [5.41, 5.74) is 2.46. The first-order chi connectivity index (χ1) is 6.77. The first kappa shape index (κ1) is 11.0. The summed E-state index contributed by atoms with van der Waals surface area (Å²) in [6, 6.07) is 0. The Morgan fingerprint density at radius 1 is 1.64 bits per heavy atom. The topological polar surface area (TPSA) is 24.4 Å². The molecule has 0 aliphatic carbocycles. The summed E-state index contributed by atoms with van der Waals surface area (Å²) in [7, 11) is 0. The van der Waals surface area contributed by atoms with Crippen molar-refractivity contribution in [2.45, 2.75) is 39.5 Å². The predicted octanol–water partition coefficient (Wildman–Crippen LogP) is 3.03. The fourth-order valence-corrected chi connectivity index (χ4v) is 1.57. The van der Waals surface area contributed by atoms with E-state index in [2.05, 4.69) is 30.7 Å². The summed E-state index contributed by atoms with van der Waals surface area (Å²) in [4.78, 5) is 4.59. The lowest BCUT2D eigenvalue weighted by molar-refractivity contribution is 0.654. The third-order valence-corrected chi connectivity index (χ3v) is 2.42. The molecule has 0 spiro atoms. The van der Waals surface area contributed by atoms with Crippen LogP contribution in [0.5, 0.6) is 0 Å². The van der Waals surface area contributed by atoms with Crippen molar-refractivity contribution in [3.05, 3.63) is 24.0 Å². The number of hydrogen-bond donors (Lipinski definition) is 1. The van der Waals surface area contributed by atoms with Crippen molar-refractivity contribution in [1.29, 1.82) is 0 Å². The van der Waals surface area contributed by atoms with Crippen LogP contribution in [0.25, 0.3) is 0 Å². The molecule has 0 aromatic carbocycles. The van der Waals surface area contributed by atoms with Crippen molar-refractivity contribution in [2.24, 2.45) is 4.99 Å². The first-order valence-electron chi connectivity index (χ1n) is 5.41. The Labute approximate surface area is 86.8 Å². The van der Waals surface area contributed by atoms with Gasteiger partial charge in [-0.3, -0.25) is 0 Å². The Morgan fingerprint density at radius 3 is 3.00 bits per heavy atom. The smallest absolute Gasteiger partial charge is 0.125 e. The molecule has 78 valence electrons. The lowest BCUT2D eigenvalue weighted by Crippen LogP contribution is -2.20. The maximum atomic E-state index is 4.59. The maximum Gasteiger partial charge on any atom is 0.125 e. The molecule has 1 aliphatic rings. The number of aliphatic imine (C=N–C) groups is 1. The zero-order valence-electron chi connectivity index (χ0n) is 9.27. The number of nitrogens with zero attached hydrogens (tertiary/aromatic N) is 1. The van der Waals surface area contributed by atoms with Gasteiger partial charge in [0.05, 0.1) is 0 Å². The van der Waals surface area contributed by atoms with Gasteiger partial charge in [0.2, 0.25) is 0 Å². The minimum Gasteiger partial charge on any atom is -0.370 e. The third kappa shape index (κ3) is 3.02. The maximum absolute atomic E-state index is 4.59. The average molecular weight is 192 g/mol. The second-order valence-corrected chi connectivity index (χ2v) is 3.72. The van der Waals surface area contributed by atoms with Crippen LogP contribution in [0.4, 0.5) is 0 Å². The van der Waals surface area contributed by atoms with Gasteiger partial charge in [0.15, 0.2) is 0 Å². The Bertz CT molecular complexity index is 261. The summed E-state index contributed by atoms with van der Waals surface area (Å²) in [5.74, 6) is 1.07. The second kappa shape index (κ2) is 5.63. The molecule has 0 aromatic heterocycles. The highest BCUT2D eigenvalue weighted by atomic mass is 15.0. The molecule has 1 aliphatic heterocycles. The van der Waals surface area contributed by atoms with Crippen molar-refractivity contribution < 1.29 is 0 Å². The van der Waals surface area contributed by atoms with Gasteiger partial charge in [-0.05, 0) is 37.8 Å². The quantitative estimate of drug-likeness (QED) is 0.680. The van der Waals surface area contributed by atoms with Crippen molar-refractivity contribution in [1.82, 2.24) is 5.32 Å². The van der Waals surface area contributed by atoms with Gasteiger partial charge in [0, 0.05) is 12.3 Å². The molecular formula is C12H20N2. The first-order valence-corrected chi connectivity index (χ1v) is 5.41. The third-order valence-electron chi connectivity index (χ3n) is 2.42.